The first-order valence-electron chi connectivity index (χ1n) is 8.29. The van der Waals surface area contributed by atoms with Crippen LogP contribution in [0.2, 0.25) is 0 Å². The van der Waals surface area contributed by atoms with E-state index in [1.807, 2.05) is 11.3 Å². The topological polar surface area (TPSA) is 38.0 Å². The maximum absolute atomic E-state index is 5.91. The largest absolute Gasteiger partial charge is 0.271 e. The van der Waals surface area contributed by atoms with E-state index in [1.165, 1.54) is 60.6 Å². The van der Waals surface area contributed by atoms with Crippen LogP contribution in [0.15, 0.2) is 29.6 Å². The zero-order chi connectivity index (χ0) is 14.5. The summed E-state index contributed by atoms with van der Waals surface area (Å²) in [6.45, 7) is 0. The second kappa shape index (κ2) is 7.39. The van der Waals surface area contributed by atoms with Gasteiger partial charge in [-0.2, -0.15) is 0 Å². The molecule has 114 valence electrons. The van der Waals surface area contributed by atoms with Gasteiger partial charge in [0.15, 0.2) is 0 Å². The van der Waals surface area contributed by atoms with Crippen molar-refractivity contribution >= 4 is 21.4 Å². The van der Waals surface area contributed by atoms with Gasteiger partial charge in [-0.25, -0.2) is 0 Å². The quantitative estimate of drug-likeness (QED) is 0.638. The van der Waals surface area contributed by atoms with Gasteiger partial charge >= 0.3 is 0 Å². The molecule has 3 rings (SSSR count). The summed E-state index contributed by atoms with van der Waals surface area (Å²) in [5.74, 6) is 6.64. The molecule has 1 heterocycles. The van der Waals surface area contributed by atoms with Crippen molar-refractivity contribution in [2.45, 2.75) is 57.4 Å². The molecule has 3 heteroatoms. The first kappa shape index (κ1) is 15.0. The summed E-state index contributed by atoms with van der Waals surface area (Å²) >= 11 is 1.85. The molecule has 0 radical (unpaired) electrons. The van der Waals surface area contributed by atoms with Crippen LogP contribution in [0.3, 0.4) is 0 Å². The van der Waals surface area contributed by atoms with Crippen molar-refractivity contribution in [1.29, 1.82) is 0 Å². The van der Waals surface area contributed by atoms with Gasteiger partial charge in [0.2, 0.25) is 0 Å². The van der Waals surface area contributed by atoms with Gasteiger partial charge in [0.25, 0.3) is 0 Å². The predicted molar refractivity (Wildman–Crippen MR) is 92.4 cm³/mol. The molecule has 2 nitrogen and oxygen atoms in total. The van der Waals surface area contributed by atoms with Crippen molar-refractivity contribution < 1.29 is 0 Å². The van der Waals surface area contributed by atoms with Crippen molar-refractivity contribution in [3.63, 3.8) is 0 Å². The molecular formula is C18H26N2S. The third-order valence-electron chi connectivity index (χ3n) is 4.93. The average molecular weight is 302 g/mol. The Labute approximate surface area is 131 Å². The van der Waals surface area contributed by atoms with Crippen molar-refractivity contribution in [1.82, 2.24) is 5.43 Å². The number of hydrogen-bond acceptors (Lipinski definition) is 3. The van der Waals surface area contributed by atoms with Crippen LogP contribution >= 0.6 is 11.3 Å². The monoisotopic (exact) mass is 302 g/mol. The Balaban J connectivity index is 1.73. The number of hydrogen-bond donors (Lipinski definition) is 2. The third-order valence-corrected chi connectivity index (χ3v) is 5.95. The number of fused-ring (bicyclic) bond motifs is 1. The Morgan fingerprint density at radius 1 is 1.10 bits per heavy atom. The standard InChI is InChI=1S/C18H26N2S/c19-20-17(14-8-4-2-1-3-5-9-14)12-15-13-21-18-11-7-6-10-16(15)18/h6-7,10-11,13-14,17,20H,1-5,8-9,12,19H2. The Morgan fingerprint density at radius 3 is 2.57 bits per heavy atom. The molecule has 0 amide bonds. The zero-order valence-corrected chi connectivity index (χ0v) is 13.5. The van der Waals surface area contributed by atoms with Crippen LogP contribution in [0.25, 0.3) is 10.1 Å². The van der Waals surface area contributed by atoms with E-state index in [2.05, 4.69) is 35.1 Å². The summed E-state index contributed by atoms with van der Waals surface area (Å²) < 4.78 is 1.39. The lowest BCUT2D eigenvalue weighted by molar-refractivity contribution is 0.285. The van der Waals surface area contributed by atoms with Crippen LogP contribution < -0.4 is 11.3 Å². The molecule has 1 aromatic heterocycles. The lowest BCUT2D eigenvalue weighted by Crippen LogP contribution is -2.42. The minimum absolute atomic E-state index is 0.418. The molecular weight excluding hydrogens is 276 g/mol. The molecule has 0 bridgehead atoms. The summed E-state index contributed by atoms with van der Waals surface area (Å²) in [5.41, 5.74) is 4.59. The first-order chi connectivity index (χ1) is 10.4. The number of thiophene rings is 1. The maximum Gasteiger partial charge on any atom is 0.0345 e. The molecule has 0 aliphatic heterocycles. The summed E-state index contributed by atoms with van der Waals surface area (Å²) in [5, 5.41) is 3.73. The Kier molecular flexibility index (Phi) is 5.28. The van der Waals surface area contributed by atoms with E-state index in [-0.39, 0.29) is 0 Å². The Bertz CT molecular complexity index is 555. The fourth-order valence-corrected chi connectivity index (χ4v) is 4.66. The summed E-state index contributed by atoms with van der Waals surface area (Å²) in [6.07, 6.45) is 10.7. The molecule has 21 heavy (non-hydrogen) atoms. The molecule has 3 N–H and O–H groups in total. The minimum Gasteiger partial charge on any atom is -0.271 e. The lowest BCUT2D eigenvalue weighted by atomic mass is 9.83. The van der Waals surface area contributed by atoms with Crippen molar-refractivity contribution in [3.05, 3.63) is 35.2 Å². The predicted octanol–water partition coefficient (Wildman–Crippen LogP) is 4.64. The normalized spacial score (nSPS) is 19.3. The van der Waals surface area contributed by atoms with Crippen LogP contribution in [-0.4, -0.2) is 6.04 Å². The van der Waals surface area contributed by atoms with Crippen LogP contribution in [0.4, 0.5) is 0 Å². The molecule has 1 saturated carbocycles. The Morgan fingerprint density at radius 2 is 1.81 bits per heavy atom. The molecule has 1 aromatic carbocycles. The van der Waals surface area contributed by atoms with Gasteiger partial charge in [-0.1, -0.05) is 50.3 Å². The van der Waals surface area contributed by atoms with Gasteiger partial charge in [0.05, 0.1) is 0 Å². The van der Waals surface area contributed by atoms with E-state index < -0.39 is 0 Å². The number of benzene rings is 1. The highest BCUT2D eigenvalue weighted by atomic mass is 32.1. The highest BCUT2D eigenvalue weighted by Gasteiger charge is 2.22. The van der Waals surface area contributed by atoms with Crippen molar-refractivity contribution in [3.8, 4) is 0 Å². The van der Waals surface area contributed by atoms with E-state index in [0.29, 0.717) is 6.04 Å². The maximum atomic E-state index is 5.91. The SMILES string of the molecule is NNC(Cc1csc2ccccc12)C1CCCCCCC1. The lowest BCUT2D eigenvalue weighted by Gasteiger charge is -2.28. The zero-order valence-electron chi connectivity index (χ0n) is 12.7. The fourth-order valence-electron chi connectivity index (χ4n) is 3.68. The summed E-state index contributed by atoms with van der Waals surface area (Å²) in [7, 11) is 0. The van der Waals surface area contributed by atoms with Crippen molar-refractivity contribution in [2.24, 2.45) is 11.8 Å². The third kappa shape index (κ3) is 3.65. The van der Waals surface area contributed by atoms with Gasteiger partial charge in [0.1, 0.15) is 0 Å². The van der Waals surface area contributed by atoms with Gasteiger partial charge in [0, 0.05) is 10.7 Å². The number of rotatable bonds is 4. The molecule has 1 atom stereocenters. The van der Waals surface area contributed by atoms with Gasteiger partial charge in [-0.3, -0.25) is 11.3 Å². The van der Waals surface area contributed by atoms with Crippen LogP contribution in [0.1, 0.15) is 50.5 Å². The second-order valence-electron chi connectivity index (χ2n) is 6.34. The first-order valence-corrected chi connectivity index (χ1v) is 9.17. The molecule has 1 aliphatic carbocycles. The number of hydrazine groups is 1. The van der Waals surface area contributed by atoms with Crippen LogP contribution in [-0.2, 0) is 6.42 Å². The molecule has 1 aliphatic rings. The smallest absolute Gasteiger partial charge is 0.0345 e. The van der Waals surface area contributed by atoms with Gasteiger partial charge < -0.3 is 0 Å². The highest BCUT2D eigenvalue weighted by molar-refractivity contribution is 7.17. The molecule has 0 saturated heterocycles. The minimum atomic E-state index is 0.418. The number of nitrogens with one attached hydrogen (secondary N) is 1. The highest BCUT2D eigenvalue weighted by Crippen LogP contribution is 2.30. The average Bonchev–Trinajstić information content (AvgIpc) is 2.88. The van der Waals surface area contributed by atoms with E-state index in [4.69, 9.17) is 5.84 Å². The fraction of sp³-hybridized carbons (Fsp3) is 0.556. The molecule has 0 spiro atoms. The van der Waals surface area contributed by atoms with E-state index in [1.54, 1.807) is 0 Å². The molecule has 2 aromatic rings. The van der Waals surface area contributed by atoms with Crippen molar-refractivity contribution in [2.75, 3.05) is 0 Å². The Hall–Kier alpha value is -0.900. The van der Waals surface area contributed by atoms with E-state index >= 15 is 0 Å². The number of nitrogens with two attached hydrogens (primary N) is 1. The summed E-state index contributed by atoms with van der Waals surface area (Å²) in [6, 6.07) is 9.13. The molecule has 1 fully saturated rings. The van der Waals surface area contributed by atoms with Crippen LogP contribution in [0.5, 0.6) is 0 Å². The van der Waals surface area contributed by atoms with Gasteiger partial charge in [-0.05, 0) is 47.6 Å². The summed E-state index contributed by atoms with van der Waals surface area (Å²) in [4.78, 5) is 0. The van der Waals surface area contributed by atoms with Gasteiger partial charge in [-0.15, -0.1) is 11.3 Å². The van der Waals surface area contributed by atoms with Crippen LogP contribution in [0, 0.1) is 5.92 Å². The van der Waals surface area contributed by atoms with E-state index in [9.17, 15) is 0 Å². The molecule has 1 unspecified atom stereocenters. The van der Waals surface area contributed by atoms with E-state index in [0.717, 1.165) is 12.3 Å². The second-order valence-corrected chi connectivity index (χ2v) is 7.25.